The van der Waals surface area contributed by atoms with Crippen LogP contribution in [0.1, 0.15) is 36.0 Å². The zero-order valence-electron chi connectivity index (χ0n) is 24.3. The second-order valence-electron chi connectivity index (χ2n) is 11.7. The van der Waals surface area contributed by atoms with E-state index in [9.17, 15) is 10.4 Å². The van der Waals surface area contributed by atoms with E-state index in [0.29, 0.717) is 60.7 Å². The molecule has 2 unspecified atom stereocenters. The van der Waals surface area contributed by atoms with Crippen molar-refractivity contribution in [2.45, 2.75) is 43.5 Å². The van der Waals surface area contributed by atoms with E-state index in [1.807, 2.05) is 26.3 Å². The number of piperidine rings is 1. The van der Waals surface area contributed by atoms with Crippen LogP contribution in [0.2, 0.25) is 0 Å². The molecule has 43 heavy (non-hydrogen) atoms. The minimum Gasteiger partial charge on any atom is -0.481 e. The summed E-state index contributed by atoms with van der Waals surface area (Å²) < 4.78 is 12.4. The van der Waals surface area contributed by atoms with Crippen LogP contribution in [0.25, 0.3) is 16.6 Å². The number of hydrogen-bond donors (Lipinski definition) is 1. The van der Waals surface area contributed by atoms with E-state index in [2.05, 4.69) is 56.0 Å². The summed E-state index contributed by atoms with van der Waals surface area (Å²) in [7, 11) is 3.68. The predicted molar refractivity (Wildman–Crippen MR) is 164 cm³/mol. The first-order valence-electron chi connectivity index (χ1n) is 14.6. The second-order valence-corrected chi connectivity index (χ2v) is 11.7. The Labute approximate surface area is 251 Å². The summed E-state index contributed by atoms with van der Waals surface area (Å²) in [5, 5.41) is 25.0. The Bertz CT molecular complexity index is 1770. The van der Waals surface area contributed by atoms with Gasteiger partial charge in [-0.05, 0) is 35.6 Å². The van der Waals surface area contributed by atoms with Gasteiger partial charge in [-0.1, -0.05) is 17.9 Å². The molecule has 8 rings (SSSR count). The lowest BCUT2D eigenvalue weighted by Crippen LogP contribution is -2.68. The monoisotopic (exact) mass is 573 g/mol. The van der Waals surface area contributed by atoms with E-state index in [0.717, 1.165) is 42.0 Å². The third-order valence-electron chi connectivity index (χ3n) is 8.86. The van der Waals surface area contributed by atoms with Crippen molar-refractivity contribution in [3.63, 3.8) is 0 Å². The number of hydrogen-bond acceptors (Lipinski definition) is 9. The van der Waals surface area contributed by atoms with E-state index < -0.39 is 5.60 Å². The molecule has 4 aliphatic heterocycles. The van der Waals surface area contributed by atoms with E-state index in [1.54, 1.807) is 24.0 Å². The maximum Gasteiger partial charge on any atom is 0.206 e. The van der Waals surface area contributed by atoms with Crippen molar-refractivity contribution in [1.82, 2.24) is 24.5 Å². The number of pyridine rings is 3. The number of anilines is 1. The Morgan fingerprint density at radius 2 is 1.95 bits per heavy atom. The lowest BCUT2D eigenvalue weighted by atomic mass is 9.86. The summed E-state index contributed by atoms with van der Waals surface area (Å²) in [4.78, 5) is 14.2. The molecule has 0 saturated carbocycles. The van der Waals surface area contributed by atoms with Crippen LogP contribution in [0.3, 0.4) is 0 Å². The largest absolute Gasteiger partial charge is 0.481 e. The number of rotatable bonds is 5. The first kappa shape index (κ1) is 27.4. The van der Waals surface area contributed by atoms with Gasteiger partial charge in [-0.2, -0.15) is 10.4 Å². The molecule has 216 valence electrons. The van der Waals surface area contributed by atoms with Gasteiger partial charge in [-0.15, -0.1) is 0 Å². The number of fused-ring (bicyclic) bond motifs is 3. The van der Waals surface area contributed by atoms with Gasteiger partial charge in [-0.25, -0.2) is 14.5 Å². The molecule has 4 aromatic rings. The van der Waals surface area contributed by atoms with Gasteiger partial charge in [0, 0.05) is 79.8 Å². The number of aromatic nitrogens is 4. The van der Waals surface area contributed by atoms with Crippen LogP contribution < -0.4 is 15.1 Å². The highest BCUT2D eigenvalue weighted by atomic mass is 16.5. The lowest BCUT2D eigenvalue weighted by Gasteiger charge is -2.56. The van der Waals surface area contributed by atoms with Crippen LogP contribution in [0.5, 0.6) is 5.88 Å². The smallest absolute Gasteiger partial charge is 0.206 e. The maximum absolute atomic E-state index is 10.8. The van der Waals surface area contributed by atoms with Gasteiger partial charge in [0.2, 0.25) is 5.88 Å². The molecule has 0 aliphatic carbocycles. The zero-order chi connectivity index (χ0) is 29.6. The number of piperazine rings is 1. The zero-order valence-corrected chi connectivity index (χ0v) is 24.3. The summed E-state index contributed by atoms with van der Waals surface area (Å²) >= 11 is 0. The van der Waals surface area contributed by atoms with E-state index in [4.69, 9.17) is 14.5 Å². The highest BCUT2D eigenvalue weighted by molar-refractivity contribution is 6.34. The van der Waals surface area contributed by atoms with Gasteiger partial charge in [0.05, 0.1) is 37.6 Å². The Kier molecular flexibility index (Phi) is 7.02. The average Bonchev–Trinajstić information content (AvgIpc) is 3.46. The first-order chi connectivity index (χ1) is 20.9. The Hall–Kier alpha value is -4.42. The molecule has 11 heteroatoms. The maximum atomic E-state index is 10.8. The van der Waals surface area contributed by atoms with Crippen molar-refractivity contribution in [3.8, 4) is 34.9 Å². The number of nitriles is 1. The third kappa shape index (κ3) is 5.21. The minimum absolute atomic E-state index is 0.480. The average molecular weight is 573 g/mol. The highest BCUT2D eigenvalue weighted by Gasteiger charge is 2.44. The van der Waals surface area contributed by atoms with Crippen molar-refractivity contribution in [2.24, 2.45) is 0 Å². The molecule has 10 nitrogen and oxygen atoms in total. The third-order valence-corrected chi connectivity index (χ3v) is 8.86. The van der Waals surface area contributed by atoms with Gasteiger partial charge >= 0.3 is 0 Å². The summed E-state index contributed by atoms with van der Waals surface area (Å²) in [5.41, 5.74) is 4.82. The number of aliphatic hydroxyl groups is 1. The molecule has 4 aromatic heterocycles. The quantitative estimate of drug-likeness (QED) is 0.279. The van der Waals surface area contributed by atoms with Crippen LogP contribution in [0.4, 0.5) is 5.82 Å². The van der Waals surface area contributed by atoms with E-state index in [1.165, 1.54) is 12.0 Å². The minimum atomic E-state index is -1.06. The molecule has 4 fully saturated rings. The molecule has 8 heterocycles. The first-order valence-corrected chi connectivity index (χ1v) is 14.6. The summed E-state index contributed by atoms with van der Waals surface area (Å²) in [6.45, 7) is 3.73. The number of nitrogens with zero attached hydrogens (tertiary/aromatic N) is 7. The summed E-state index contributed by atoms with van der Waals surface area (Å²) in [6.07, 6.45) is 9.31. The standard InChI is InChI=1S/C32H32BN7O3/c1-42-31-28(33)11-22(14-36-31)17-39-25-12-26(39)20-38(19-25)29-3-2-23(15-35-29)27-10-21(4-5-32(41)6-8-43-9-7-32)18-40-30(27)24(13-34)16-37-40/h2-3,10-11,14-16,18,25-26,41H,6-9,12,17,19-20,33H2,1H3. The molecule has 4 saturated heterocycles. The van der Waals surface area contributed by atoms with Gasteiger partial charge in [0.15, 0.2) is 0 Å². The summed E-state index contributed by atoms with van der Waals surface area (Å²) in [6, 6.07) is 11.4. The molecule has 4 aliphatic rings. The molecular weight excluding hydrogens is 541 g/mol. The molecule has 0 aromatic carbocycles. The van der Waals surface area contributed by atoms with Crippen LogP contribution in [-0.4, -0.2) is 88.5 Å². The predicted octanol–water partition coefficient (Wildman–Crippen LogP) is 1.29. The normalized spacial score (nSPS) is 21.0. The van der Waals surface area contributed by atoms with Gasteiger partial charge in [0.25, 0.3) is 0 Å². The van der Waals surface area contributed by atoms with Crippen molar-refractivity contribution in [3.05, 3.63) is 65.7 Å². The molecular formula is C32H32BN7O3. The molecule has 2 bridgehead atoms. The fourth-order valence-electron chi connectivity index (χ4n) is 6.51. The van der Waals surface area contributed by atoms with Gasteiger partial charge in [0.1, 0.15) is 25.3 Å². The molecule has 1 N–H and O–H groups in total. The molecule has 0 spiro atoms. The fourth-order valence-corrected chi connectivity index (χ4v) is 6.51. The number of methoxy groups -OCH3 is 1. The SMILES string of the molecule is Bc1cc(CN2C3CC2CN(c2ccc(-c4cc(C#CC5(O)CCOCC5)cn5ncc(C#N)c45)cn2)C3)cnc1OC. The van der Waals surface area contributed by atoms with Crippen LogP contribution in [-0.2, 0) is 11.3 Å². The molecule has 0 amide bonds. The molecule has 2 atom stereocenters. The van der Waals surface area contributed by atoms with Crippen molar-refractivity contribution >= 4 is 24.6 Å². The van der Waals surface area contributed by atoms with Crippen LogP contribution in [0, 0.1) is 23.2 Å². The van der Waals surface area contributed by atoms with E-state index >= 15 is 0 Å². The second kappa shape index (κ2) is 11.0. The summed E-state index contributed by atoms with van der Waals surface area (Å²) in [5.74, 6) is 7.82. The van der Waals surface area contributed by atoms with Crippen molar-refractivity contribution in [2.75, 3.05) is 38.3 Å². The molecule has 0 radical (unpaired) electrons. The Morgan fingerprint density at radius 1 is 1.14 bits per heavy atom. The van der Waals surface area contributed by atoms with Crippen LogP contribution >= 0.6 is 0 Å². The highest BCUT2D eigenvalue weighted by Crippen LogP contribution is 2.36. The Balaban J connectivity index is 1.10. The number of ether oxygens (including phenoxy) is 2. The lowest BCUT2D eigenvalue weighted by molar-refractivity contribution is -0.0261. The Morgan fingerprint density at radius 3 is 2.65 bits per heavy atom. The topological polar surface area (TPSA) is 112 Å². The van der Waals surface area contributed by atoms with Crippen molar-refractivity contribution in [1.29, 1.82) is 5.26 Å². The fraction of sp³-hybridized carbons (Fsp3) is 0.375. The van der Waals surface area contributed by atoms with Crippen LogP contribution in [0.15, 0.2) is 49.1 Å². The van der Waals surface area contributed by atoms with Gasteiger partial charge in [-0.3, -0.25) is 4.90 Å². The van der Waals surface area contributed by atoms with Crippen molar-refractivity contribution < 1.29 is 14.6 Å². The van der Waals surface area contributed by atoms with Gasteiger partial charge < -0.3 is 19.5 Å². The van der Waals surface area contributed by atoms with E-state index in [-0.39, 0.29) is 0 Å².